The Morgan fingerprint density at radius 3 is 2.67 bits per heavy atom. The van der Waals surface area contributed by atoms with E-state index in [0.29, 0.717) is 0 Å². The molecule has 2 aliphatic rings. The van der Waals surface area contributed by atoms with Crippen LogP contribution in [0, 0.1) is 22.0 Å². The van der Waals surface area contributed by atoms with E-state index in [2.05, 4.69) is 11.3 Å². The van der Waals surface area contributed by atoms with Gasteiger partial charge in [0.25, 0.3) is 6.04 Å². The minimum atomic E-state index is -1.67. The fraction of sp³-hybridized carbons (Fsp3) is 0.692. The van der Waals surface area contributed by atoms with Crippen LogP contribution in [0.1, 0.15) is 12.8 Å². The summed E-state index contributed by atoms with van der Waals surface area (Å²) in [5.74, 6) is -4.89. The Hall–Kier alpha value is -1.80. The topological polar surface area (TPSA) is 105 Å². The van der Waals surface area contributed by atoms with Crippen molar-refractivity contribution in [2.24, 2.45) is 11.8 Å². The highest BCUT2D eigenvalue weighted by molar-refractivity contribution is 5.89. The van der Waals surface area contributed by atoms with E-state index >= 15 is 0 Å². The van der Waals surface area contributed by atoms with Crippen molar-refractivity contribution in [1.29, 1.82) is 0 Å². The first-order valence-corrected chi connectivity index (χ1v) is 6.59. The third kappa shape index (κ3) is 2.56. The lowest BCUT2D eigenvalue weighted by atomic mass is 9.70. The van der Waals surface area contributed by atoms with Crippen molar-refractivity contribution < 1.29 is 28.7 Å². The molecule has 1 aliphatic heterocycles. The number of ketones is 1. The summed E-state index contributed by atoms with van der Waals surface area (Å²) >= 11 is 0. The molecule has 0 aromatic heterocycles. The quantitative estimate of drug-likeness (QED) is 0.319. The Balaban J connectivity index is 2.47. The SMILES string of the molecule is C=CC[C@@H]1C(=O)CC2(OCCO2)[C@@H]([N+](=O)[O-])[C@@H]1C(=O)OC. The molecule has 21 heavy (non-hydrogen) atoms. The van der Waals surface area contributed by atoms with Crippen LogP contribution >= 0.6 is 0 Å². The molecule has 1 aliphatic carbocycles. The summed E-state index contributed by atoms with van der Waals surface area (Å²) in [4.78, 5) is 35.2. The van der Waals surface area contributed by atoms with E-state index in [1.54, 1.807) is 0 Å². The second-order valence-electron chi connectivity index (χ2n) is 5.06. The number of nitro groups is 1. The summed E-state index contributed by atoms with van der Waals surface area (Å²) in [5.41, 5.74) is 0. The second kappa shape index (κ2) is 5.90. The lowest BCUT2D eigenvalue weighted by Crippen LogP contribution is -2.62. The molecule has 0 aromatic rings. The maximum atomic E-state index is 12.3. The van der Waals surface area contributed by atoms with Gasteiger partial charge in [-0.2, -0.15) is 0 Å². The molecule has 1 heterocycles. The molecular weight excluding hydrogens is 282 g/mol. The normalized spacial score (nSPS) is 31.1. The van der Waals surface area contributed by atoms with Gasteiger partial charge in [0.1, 0.15) is 11.7 Å². The third-order valence-electron chi connectivity index (χ3n) is 3.96. The van der Waals surface area contributed by atoms with Gasteiger partial charge in [-0.15, -0.1) is 6.58 Å². The van der Waals surface area contributed by atoms with Gasteiger partial charge in [-0.05, 0) is 6.42 Å². The lowest BCUT2D eigenvalue weighted by molar-refractivity contribution is -0.571. The molecule has 1 saturated carbocycles. The fourth-order valence-corrected chi connectivity index (χ4v) is 3.09. The molecule has 3 atom stereocenters. The minimum Gasteiger partial charge on any atom is -0.469 e. The molecule has 0 amide bonds. The van der Waals surface area contributed by atoms with Crippen molar-refractivity contribution in [2.45, 2.75) is 24.7 Å². The Morgan fingerprint density at radius 2 is 2.19 bits per heavy atom. The van der Waals surface area contributed by atoms with Crippen LogP contribution in [0.5, 0.6) is 0 Å². The first-order chi connectivity index (χ1) is 9.96. The molecule has 1 spiro atoms. The number of methoxy groups -OCH3 is 1. The highest BCUT2D eigenvalue weighted by atomic mass is 16.7. The highest BCUT2D eigenvalue weighted by Gasteiger charge is 2.65. The molecule has 2 rings (SSSR count). The smallest absolute Gasteiger partial charge is 0.316 e. The molecule has 0 bridgehead atoms. The monoisotopic (exact) mass is 299 g/mol. The van der Waals surface area contributed by atoms with Gasteiger partial charge in [0.2, 0.25) is 5.79 Å². The molecule has 0 N–H and O–H groups in total. The summed E-state index contributed by atoms with van der Waals surface area (Å²) in [6.45, 7) is 3.83. The average molecular weight is 299 g/mol. The van der Waals surface area contributed by atoms with Crippen molar-refractivity contribution in [3.8, 4) is 0 Å². The van der Waals surface area contributed by atoms with Crippen LogP contribution in [-0.2, 0) is 23.8 Å². The fourth-order valence-electron chi connectivity index (χ4n) is 3.09. The number of esters is 1. The number of hydrogen-bond acceptors (Lipinski definition) is 7. The zero-order valence-corrected chi connectivity index (χ0v) is 11.6. The number of nitrogens with zero attached hydrogens (tertiary/aromatic N) is 1. The summed E-state index contributed by atoms with van der Waals surface area (Å²) in [6.07, 6.45) is 1.38. The van der Waals surface area contributed by atoms with Crippen molar-refractivity contribution in [3.63, 3.8) is 0 Å². The summed E-state index contributed by atoms with van der Waals surface area (Å²) < 4.78 is 15.4. The van der Waals surface area contributed by atoms with Gasteiger partial charge in [-0.25, -0.2) is 0 Å². The van der Waals surface area contributed by atoms with E-state index in [1.807, 2.05) is 0 Å². The maximum Gasteiger partial charge on any atom is 0.316 e. The van der Waals surface area contributed by atoms with Crippen LogP contribution in [0.25, 0.3) is 0 Å². The first-order valence-electron chi connectivity index (χ1n) is 6.59. The van der Waals surface area contributed by atoms with Crippen LogP contribution in [0.15, 0.2) is 12.7 Å². The third-order valence-corrected chi connectivity index (χ3v) is 3.96. The van der Waals surface area contributed by atoms with E-state index in [0.717, 1.165) is 7.11 Å². The zero-order chi connectivity index (χ0) is 15.6. The number of hydrogen-bond donors (Lipinski definition) is 0. The molecule has 0 aromatic carbocycles. The van der Waals surface area contributed by atoms with Gasteiger partial charge in [-0.1, -0.05) is 6.08 Å². The molecule has 116 valence electrons. The maximum absolute atomic E-state index is 12.3. The molecule has 0 radical (unpaired) electrons. The van der Waals surface area contributed by atoms with Crippen LogP contribution in [0.3, 0.4) is 0 Å². The number of ether oxygens (including phenoxy) is 3. The molecule has 8 heteroatoms. The lowest BCUT2D eigenvalue weighted by Gasteiger charge is -2.40. The summed E-state index contributed by atoms with van der Waals surface area (Å²) in [6, 6.07) is -1.48. The number of Topliss-reactive ketones (excluding diaryl/α,β-unsaturated/α-hetero) is 1. The number of allylic oxidation sites excluding steroid dienone is 1. The summed E-state index contributed by atoms with van der Waals surface area (Å²) in [5, 5.41) is 11.5. The first kappa shape index (κ1) is 15.6. The second-order valence-corrected chi connectivity index (χ2v) is 5.06. The predicted molar refractivity (Wildman–Crippen MR) is 68.9 cm³/mol. The summed E-state index contributed by atoms with van der Waals surface area (Å²) in [7, 11) is 1.13. The Labute approximate surface area is 121 Å². The van der Waals surface area contributed by atoms with Gasteiger partial charge in [0, 0.05) is 10.8 Å². The number of carbonyl (C=O) groups excluding carboxylic acids is 2. The molecular formula is C13H17NO7. The standard InChI is InChI=1S/C13H17NO7/c1-3-4-8-9(15)7-13(20-5-6-21-13)11(14(17)18)10(8)12(16)19-2/h3,8,10-11H,1,4-7H2,2H3/t8-,10-,11+/m1/s1. The van der Waals surface area contributed by atoms with Gasteiger partial charge in [-0.3, -0.25) is 19.7 Å². The largest absolute Gasteiger partial charge is 0.469 e. The van der Waals surface area contributed by atoms with Gasteiger partial charge in [0.15, 0.2) is 0 Å². The molecule has 8 nitrogen and oxygen atoms in total. The predicted octanol–water partition coefficient (Wildman–Crippen LogP) is 0.329. The van der Waals surface area contributed by atoms with E-state index in [4.69, 9.17) is 9.47 Å². The van der Waals surface area contributed by atoms with Gasteiger partial charge in [0.05, 0.1) is 26.7 Å². The Morgan fingerprint density at radius 1 is 1.57 bits per heavy atom. The van der Waals surface area contributed by atoms with E-state index in [9.17, 15) is 19.7 Å². The number of rotatable bonds is 4. The number of carbonyl (C=O) groups is 2. The molecule has 1 saturated heterocycles. The van der Waals surface area contributed by atoms with E-state index in [1.165, 1.54) is 6.08 Å². The van der Waals surface area contributed by atoms with Gasteiger partial charge < -0.3 is 14.2 Å². The zero-order valence-electron chi connectivity index (χ0n) is 11.6. The molecule has 2 fully saturated rings. The highest BCUT2D eigenvalue weighted by Crippen LogP contribution is 2.43. The van der Waals surface area contributed by atoms with Crippen LogP contribution in [-0.4, -0.2) is 48.8 Å². The van der Waals surface area contributed by atoms with Gasteiger partial charge >= 0.3 is 5.97 Å². The Kier molecular flexibility index (Phi) is 4.38. The van der Waals surface area contributed by atoms with Crippen LogP contribution in [0.4, 0.5) is 0 Å². The van der Waals surface area contributed by atoms with E-state index in [-0.39, 0.29) is 31.8 Å². The molecule has 0 unspecified atom stereocenters. The van der Waals surface area contributed by atoms with Crippen molar-refractivity contribution in [3.05, 3.63) is 22.8 Å². The van der Waals surface area contributed by atoms with Crippen molar-refractivity contribution in [1.82, 2.24) is 0 Å². The average Bonchev–Trinajstić information content (AvgIpc) is 2.88. The Bertz CT molecular complexity index is 469. The van der Waals surface area contributed by atoms with Crippen molar-refractivity contribution in [2.75, 3.05) is 20.3 Å². The minimum absolute atomic E-state index is 0.150. The van der Waals surface area contributed by atoms with Crippen LogP contribution in [0.2, 0.25) is 0 Å². The van der Waals surface area contributed by atoms with E-state index < -0.39 is 34.6 Å². The van der Waals surface area contributed by atoms with Crippen molar-refractivity contribution >= 4 is 11.8 Å². The van der Waals surface area contributed by atoms with Crippen LogP contribution < -0.4 is 0 Å².